The first-order chi connectivity index (χ1) is 8.47. The van der Waals surface area contributed by atoms with Crippen molar-refractivity contribution in [2.75, 3.05) is 11.1 Å². The average molecular weight is 286 g/mol. The number of anilines is 2. The van der Waals surface area contributed by atoms with Gasteiger partial charge in [0.05, 0.1) is 15.7 Å². The summed E-state index contributed by atoms with van der Waals surface area (Å²) in [5, 5.41) is 8.27. The second kappa shape index (κ2) is 5.04. The lowest BCUT2D eigenvalue weighted by molar-refractivity contribution is 0.849. The minimum Gasteiger partial charge on any atom is -0.368 e. The van der Waals surface area contributed by atoms with E-state index in [9.17, 15) is 0 Å². The maximum absolute atomic E-state index is 5.96. The standard InChI is InChI=1S/C11H13Cl2N5/c1-6(2)15-11-16-10(14)18(17-11)7-3-4-8(12)9(13)5-7/h3-6H,1-2H3,(H3,14,15,16,17). The highest BCUT2D eigenvalue weighted by Gasteiger charge is 2.10. The Morgan fingerprint density at radius 1 is 1.28 bits per heavy atom. The van der Waals surface area contributed by atoms with Crippen molar-refractivity contribution in [2.24, 2.45) is 0 Å². The monoisotopic (exact) mass is 285 g/mol. The molecule has 3 N–H and O–H groups in total. The molecule has 0 atom stereocenters. The molecule has 0 bridgehead atoms. The Morgan fingerprint density at radius 3 is 2.61 bits per heavy atom. The van der Waals surface area contributed by atoms with Gasteiger partial charge in [0.25, 0.3) is 0 Å². The van der Waals surface area contributed by atoms with Crippen LogP contribution in [0.4, 0.5) is 11.9 Å². The Bertz CT molecular complexity index is 565. The van der Waals surface area contributed by atoms with Crippen LogP contribution in [0.1, 0.15) is 13.8 Å². The number of nitrogens with zero attached hydrogens (tertiary/aromatic N) is 3. The lowest BCUT2D eigenvalue weighted by Crippen LogP contribution is -2.11. The summed E-state index contributed by atoms with van der Waals surface area (Å²) >= 11 is 11.8. The molecule has 0 fully saturated rings. The normalized spacial score (nSPS) is 10.9. The number of benzene rings is 1. The summed E-state index contributed by atoms with van der Waals surface area (Å²) in [6.07, 6.45) is 0. The van der Waals surface area contributed by atoms with Crippen molar-refractivity contribution in [2.45, 2.75) is 19.9 Å². The largest absolute Gasteiger partial charge is 0.368 e. The van der Waals surface area contributed by atoms with E-state index in [4.69, 9.17) is 28.9 Å². The van der Waals surface area contributed by atoms with Crippen molar-refractivity contribution < 1.29 is 0 Å². The van der Waals surface area contributed by atoms with E-state index in [-0.39, 0.29) is 12.0 Å². The van der Waals surface area contributed by atoms with Gasteiger partial charge in [0.15, 0.2) is 0 Å². The maximum Gasteiger partial charge on any atom is 0.244 e. The van der Waals surface area contributed by atoms with Crippen LogP contribution in [0, 0.1) is 0 Å². The summed E-state index contributed by atoms with van der Waals surface area (Å²) in [5.41, 5.74) is 6.52. The Morgan fingerprint density at radius 2 is 2.00 bits per heavy atom. The Balaban J connectivity index is 2.38. The first kappa shape index (κ1) is 13.0. The third kappa shape index (κ3) is 2.68. The van der Waals surface area contributed by atoms with Crippen molar-refractivity contribution in [3.8, 4) is 5.69 Å². The molecular formula is C11H13Cl2N5. The molecule has 1 aromatic carbocycles. The van der Waals surface area contributed by atoms with E-state index in [2.05, 4.69) is 15.4 Å². The van der Waals surface area contributed by atoms with Crippen LogP contribution in [0.25, 0.3) is 5.69 Å². The average Bonchev–Trinajstić information content (AvgIpc) is 2.62. The third-order valence-corrected chi connectivity index (χ3v) is 2.94. The van der Waals surface area contributed by atoms with Gasteiger partial charge in [0, 0.05) is 6.04 Å². The Hall–Kier alpha value is -1.46. The molecule has 0 aliphatic heterocycles. The van der Waals surface area contributed by atoms with E-state index in [1.165, 1.54) is 4.68 Å². The SMILES string of the molecule is CC(C)Nc1nc(N)n(-c2ccc(Cl)c(Cl)c2)n1. The van der Waals surface area contributed by atoms with Crippen LogP contribution in [-0.2, 0) is 0 Å². The second-order valence-electron chi connectivity index (χ2n) is 4.10. The number of hydrogen-bond acceptors (Lipinski definition) is 4. The van der Waals surface area contributed by atoms with Crippen LogP contribution in [0.3, 0.4) is 0 Å². The Labute approximate surface area is 115 Å². The van der Waals surface area contributed by atoms with Gasteiger partial charge in [-0.15, -0.1) is 5.10 Å². The van der Waals surface area contributed by atoms with E-state index in [0.717, 1.165) is 0 Å². The van der Waals surface area contributed by atoms with Gasteiger partial charge in [0.2, 0.25) is 11.9 Å². The summed E-state index contributed by atoms with van der Waals surface area (Å²) in [7, 11) is 0. The van der Waals surface area contributed by atoms with Gasteiger partial charge < -0.3 is 11.1 Å². The zero-order valence-corrected chi connectivity index (χ0v) is 11.5. The van der Waals surface area contributed by atoms with Crippen LogP contribution < -0.4 is 11.1 Å². The first-order valence-corrected chi connectivity index (χ1v) is 6.17. The number of aromatic nitrogens is 3. The molecule has 1 aromatic heterocycles. The number of nitrogen functional groups attached to an aromatic ring is 1. The molecule has 2 rings (SSSR count). The van der Waals surface area contributed by atoms with Crippen LogP contribution >= 0.6 is 23.2 Å². The van der Waals surface area contributed by atoms with E-state index >= 15 is 0 Å². The predicted molar refractivity (Wildman–Crippen MR) is 74.6 cm³/mol. The second-order valence-corrected chi connectivity index (χ2v) is 4.92. The predicted octanol–water partition coefficient (Wildman–Crippen LogP) is 2.98. The van der Waals surface area contributed by atoms with Gasteiger partial charge in [-0.1, -0.05) is 23.2 Å². The summed E-state index contributed by atoms with van der Waals surface area (Å²) in [5.74, 6) is 0.769. The number of rotatable bonds is 3. The van der Waals surface area contributed by atoms with Crippen molar-refractivity contribution >= 4 is 35.1 Å². The van der Waals surface area contributed by atoms with E-state index < -0.39 is 0 Å². The quantitative estimate of drug-likeness (QED) is 0.910. The Kier molecular flexibility index (Phi) is 3.63. The molecule has 0 aliphatic carbocycles. The lowest BCUT2D eigenvalue weighted by atomic mass is 10.3. The fraction of sp³-hybridized carbons (Fsp3) is 0.273. The van der Waals surface area contributed by atoms with Gasteiger partial charge in [-0.2, -0.15) is 9.67 Å². The summed E-state index contributed by atoms with van der Waals surface area (Å²) in [6.45, 7) is 3.99. The zero-order valence-electron chi connectivity index (χ0n) is 9.98. The molecule has 96 valence electrons. The fourth-order valence-electron chi connectivity index (χ4n) is 1.45. The van der Waals surface area contributed by atoms with Gasteiger partial charge in [-0.3, -0.25) is 0 Å². The maximum atomic E-state index is 5.96. The third-order valence-electron chi connectivity index (χ3n) is 2.20. The summed E-state index contributed by atoms with van der Waals surface area (Å²) < 4.78 is 1.51. The van der Waals surface area contributed by atoms with Gasteiger partial charge in [-0.25, -0.2) is 0 Å². The highest BCUT2D eigenvalue weighted by atomic mass is 35.5. The first-order valence-electron chi connectivity index (χ1n) is 5.42. The molecule has 0 amide bonds. The number of nitrogens with two attached hydrogens (primary N) is 1. The smallest absolute Gasteiger partial charge is 0.244 e. The van der Waals surface area contributed by atoms with Crippen molar-refractivity contribution in [1.82, 2.24) is 14.8 Å². The van der Waals surface area contributed by atoms with E-state index in [1.54, 1.807) is 18.2 Å². The van der Waals surface area contributed by atoms with Crippen molar-refractivity contribution in [3.63, 3.8) is 0 Å². The number of halogens is 2. The molecule has 0 saturated heterocycles. The van der Waals surface area contributed by atoms with Gasteiger partial charge in [-0.05, 0) is 32.0 Å². The van der Waals surface area contributed by atoms with Crippen LogP contribution in [0.15, 0.2) is 18.2 Å². The number of nitrogens with one attached hydrogen (secondary N) is 1. The molecule has 18 heavy (non-hydrogen) atoms. The van der Waals surface area contributed by atoms with Gasteiger partial charge >= 0.3 is 0 Å². The molecule has 0 saturated carbocycles. The lowest BCUT2D eigenvalue weighted by Gasteiger charge is -2.05. The molecule has 0 aliphatic rings. The summed E-state index contributed by atoms with van der Waals surface area (Å²) in [4.78, 5) is 4.12. The highest BCUT2D eigenvalue weighted by molar-refractivity contribution is 6.42. The minimum atomic E-state index is 0.231. The fourth-order valence-corrected chi connectivity index (χ4v) is 1.74. The molecule has 1 heterocycles. The van der Waals surface area contributed by atoms with Crippen molar-refractivity contribution in [3.05, 3.63) is 28.2 Å². The minimum absolute atomic E-state index is 0.231. The van der Waals surface area contributed by atoms with Crippen LogP contribution in [0.5, 0.6) is 0 Å². The van der Waals surface area contributed by atoms with Gasteiger partial charge in [0.1, 0.15) is 0 Å². The highest BCUT2D eigenvalue weighted by Crippen LogP contribution is 2.25. The molecular weight excluding hydrogens is 273 g/mol. The van der Waals surface area contributed by atoms with E-state index in [0.29, 0.717) is 21.7 Å². The topological polar surface area (TPSA) is 68.8 Å². The molecule has 0 radical (unpaired) electrons. The van der Waals surface area contributed by atoms with Crippen LogP contribution in [-0.4, -0.2) is 20.8 Å². The van der Waals surface area contributed by atoms with E-state index in [1.807, 2.05) is 13.8 Å². The molecule has 0 unspecified atom stereocenters. The number of hydrogen-bond donors (Lipinski definition) is 2. The van der Waals surface area contributed by atoms with Crippen LogP contribution in [0.2, 0.25) is 10.0 Å². The van der Waals surface area contributed by atoms with Crippen molar-refractivity contribution in [1.29, 1.82) is 0 Å². The zero-order chi connectivity index (χ0) is 13.3. The molecule has 0 spiro atoms. The summed E-state index contributed by atoms with van der Waals surface area (Å²) in [6, 6.07) is 5.39. The molecule has 5 nitrogen and oxygen atoms in total. The molecule has 7 heteroatoms. The molecule has 2 aromatic rings.